The van der Waals surface area contributed by atoms with E-state index >= 15 is 0 Å². The molecule has 2 aromatic heterocycles. The second kappa shape index (κ2) is 9.81. The van der Waals surface area contributed by atoms with Crippen LogP contribution in [0.4, 0.5) is 0 Å². The molecule has 1 aliphatic rings. The van der Waals surface area contributed by atoms with E-state index in [1.807, 2.05) is 41.9 Å². The molecule has 1 saturated heterocycles. The molecule has 7 heteroatoms. The molecule has 1 aliphatic heterocycles. The number of primary amides is 1. The van der Waals surface area contributed by atoms with Crippen LogP contribution >= 0.6 is 0 Å². The lowest BCUT2D eigenvalue weighted by Gasteiger charge is -2.25. The van der Waals surface area contributed by atoms with Crippen molar-refractivity contribution in [1.82, 2.24) is 14.5 Å². The third-order valence-electron chi connectivity index (χ3n) is 6.53. The summed E-state index contributed by atoms with van der Waals surface area (Å²) in [7, 11) is 0. The molecule has 2 unspecified atom stereocenters. The van der Waals surface area contributed by atoms with E-state index < -0.39 is 12.0 Å². The van der Waals surface area contributed by atoms with Crippen LogP contribution in [-0.4, -0.2) is 50.3 Å². The topological polar surface area (TPSA) is 104 Å². The van der Waals surface area contributed by atoms with Crippen LogP contribution < -0.4 is 5.73 Å². The normalized spacial score (nSPS) is 18.8. The predicted octanol–water partition coefficient (Wildman–Crippen LogP) is 2.72. The number of nitrogens with zero attached hydrogens (tertiary/aromatic N) is 3. The number of aliphatic hydroxyl groups excluding tert-OH is 2. The van der Waals surface area contributed by atoms with E-state index in [4.69, 9.17) is 10.8 Å². The number of pyridine rings is 1. The fourth-order valence-electron chi connectivity index (χ4n) is 4.78. The first-order chi connectivity index (χ1) is 15.5. The lowest BCUT2D eigenvalue weighted by molar-refractivity contribution is -0.119. The van der Waals surface area contributed by atoms with Crippen molar-refractivity contribution in [1.29, 1.82) is 0 Å². The summed E-state index contributed by atoms with van der Waals surface area (Å²) < 4.78 is 1.91. The molecule has 7 nitrogen and oxygen atoms in total. The number of aromatic nitrogens is 2. The van der Waals surface area contributed by atoms with Crippen LogP contribution in [0.1, 0.15) is 66.6 Å². The van der Waals surface area contributed by atoms with E-state index in [1.54, 1.807) is 0 Å². The Morgan fingerprint density at radius 2 is 2.03 bits per heavy atom. The highest BCUT2D eigenvalue weighted by Crippen LogP contribution is 2.33. The number of benzene rings is 1. The van der Waals surface area contributed by atoms with E-state index in [0.29, 0.717) is 11.6 Å². The molecule has 170 valence electrons. The number of carbonyl (C=O) groups excluding carboxylic acids is 1. The highest BCUT2D eigenvalue weighted by molar-refractivity contribution is 5.74. The molecule has 0 radical (unpaired) electrons. The number of amides is 1. The van der Waals surface area contributed by atoms with Crippen molar-refractivity contribution in [2.75, 3.05) is 19.7 Å². The van der Waals surface area contributed by atoms with E-state index in [2.05, 4.69) is 23.1 Å². The van der Waals surface area contributed by atoms with Gasteiger partial charge in [0, 0.05) is 30.3 Å². The molecule has 1 amide bonds. The van der Waals surface area contributed by atoms with Crippen LogP contribution in [0, 0.1) is 0 Å². The molecule has 0 spiro atoms. The number of likely N-dealkylation sites (tertiary alicyclic amines) is 1. The summed E-state index contributed by atoms with van der Waals surface area (Å²) in [6.45, 7) is 4.05. The number of nitrogens with two attached hydrogens (primary N) is 1. The van der Waals surface area contributed by atoms with Crippen LogP contribution in [0.2, 0.25) is 0 Å². The van der Waals surface area contributed by atoms with Gasteiger partial charge in [0.2, 0.25) is 5.91 Å². The zero-order valence-corrected chi connectivity index (χ0v) is 18.5. The van der Waals surface area contributed by atoms with Crippen LogP contribution in [0.15, 0.2) is 48.7 Å². The third-order valence-corrected chi connectivity index (χ3v) is 6.53. The Balaban J connectivity index is 1.49. The van der Waals surface area contributed by atoms with Gasteiger partial charge in [0.1, 0.15) is 0 Å². The van der Waals surface area contributed by atoms with Crippen molar-refractivity contribution < 1.29 is 15.0 Å². The fraction of sp³-hybridized carbons (Fsp3) is 0.440. The number of aliphatic hydroxyl groups is 2. The average Bonchev–Trinajstić information content (AvgIpc) is 3.41. The summed E-state index contributed by atoms with van der Waals surface area (Å²) >= 11 is 0. The van der Waals surface area contributed by atoms with Crippen LogP contribution in [0.25, 0.3) is 5.52 Å². The number of rotatable bonds is 9. The Morgan fingerprint density at radius 3 is 2.75 bits per heavy atom. The van der Waals surface area contributed by atoms with Crippen molar-refractivity contribution in [3.63, 3.8) is 0 Å². The Morgan fingerprint density at radius 1 is 1.25 bits per heavy atom. The second-order valence-corrected chi connectivity index (χ2v) is 8.77. The molecule has 1 fully saturated rings. The third kappa shape index (κ3) is 4.70. The van der Waals surface area contributed by atoms with Gasteiger partial charge in [-0.2, -0.15) is 5.10 Å². The maximum Gasteiger partial charge on any atom is 0.220 e. The standard InChI is InChI=1S/C25H32N4O3/c1-17(16-30)25-20(22-5-2-3-13-29(22)27-25)11-14-28-12-4-6-21(28)18-7-9-19(10-8-18)23(31)15-24(26)32/h2-3,5,7-10,13,17,21,23,30-31H,4,6,11-12,14-16H2,1H3,(H2,26,32)/t17?,21-,23?/m1/s1. The second-order valence-electron chi connectivity index (χ2n) is 8.77. The maximum absolute atomic E-state index is 11.1. The van der Waals surface area contributed by atoms with Crippen molar-refractivity contribution in [3.05, 3.63) is 71.0 Å². The lowest BCUT2D eigenvalue weighted by atomic mass is 9.98. The lowest BCUT2D eigenvalue weighted by Crippen LogP contribution is -2.26. The zero-order valence-electron chi connectivity index (χ0n) is 18.5. The number of fused-ring (bicyclic) bond motifs is 1. The summed E-state index contributed by atoms with van der Waals surface area (Å²) in [5, 5.41) is 24.6. The number of hydrogen-bond donors (Lipinski definition) is 3. The fourth-order valence-corrected chi connectivity index (χ4v) is 4.78. The summed E-state index contributed by atoms with van der Waals surface area (Å²) in [5.41, 5.74) is 10.4. The number of hydrogen-bond acceptors (Lipinski definition) is 5. The molecular weight excluding hydrogens is 404 g/mol. The Kier molecular flexibility index (Phi) is 6.89. The monoisotopic (exact) mass is 436 g/mol. The first kappa shape index (κ1) is 22.5. The molecule has 4 rings (SSSR count). The molecule has 3 aromatic rings. The van der Waals surface area contributed by atoms with Gasteiger partial charge in [0.15, 0.2) is 0 Å². The van der Waals surface area contributed by atoms with Crippen molar-refractivity contribution in [3.8, 4) is 0 Å². The zero-order chi connectivity index (χ0) is 22.7. The predicted molar refractivity (Wildman–Crippen MR) is 123 cm³/mol. The first-order valence-corrected chi connectivity index (χ1v) is 11.3. The van der Waals surface area contributed by atoms with E-state index in [1.165, 1.54) is 11.1 Å². The smallest absolute Gasteiger partial charge is 0.220 e. The van der Waals surface area contributed by atoms with Crippen LogP contribution in [0.3, 0.4) is 0 Å². The van der Waals surface area contributed by atoms with Gasteiger partial charge < -0.3 is 15.9 Å². The average molecular weight is 437 g/mol. The Labute approximate surface area is 188 Å². The maximum atomic E-state index is 11.1. The molecule has 32 heavy (non-hydrogen) atoms. The number of carbonyl (C=O) groups is 1. The van der Waals surface area contributed by atoms with E-state index in [-0.39, 0.29) is 18.9 Å². The van der Waals surface area contributed by atoms with Gasteiger partial charge in [0.05, 0.1) is 30.3 Å². The highest BCUT2D eigenvalue weighted by atomic mass is 16.3. The first-order valence-electron chi connectivity index (χ1n) is 11.3. The minimum Gasteiger partial charge on any atom is -0.396 e. The van der Waals surface area contributed by atoms with Gasteiger partial charge in [0.25, 0.3) is 0 Å². The molecule has 0 saturated carbocycles. The SMILES string of the molecule is CC(CO)c1nn2ccccc2c1CCN1CCC[C@@H]1c1ccc(C(O)CC(N)=O)cc1. The van der Waals surface area contributed by atoms with Crippen LogP contribution in [0.5, 0.6) is 0 Å². The molecule has 1 aromatic carbocycles. The van der Waals surface area contributed by atoms with Crippen molar-refractivity contribution in [2.45, 2.75) is 50.7 Å². The van der Waals surface area contributed by atoms with Gasteiger partial charge in [-0.3, -0.25) is 9.69 Å². The van der Waals surface area contributed by atoms with Gasteiger partial charge in [-0.25, -0.2) is 4.52 Å². The molecule has 4 N–H and O–H groups in total. The summed E-state index contributed by atoms with van der Waals surface area (Å²) in [6.07, 6.45) is 4.15. The van der Waals surface area contributed by atoms with Gasteiger partial charge in [-0.05, 0) is 49.1 Å². The Hall–Kier alpha value is -2.74. The molecule has 0 bridgehead atoms. The quantitative estimate of drug-likeness (QED) is 0.478. The summed E-state index contributed by atoms with van der Waals surface area (Å²) in [5.74, 6) is -0.509. The largest absolute Gasteiger partial charge is 0.396 e. The molecule has 3 heterocycles. The Bertz CT molecular complexity index is 1060. The van der Waals surface area contributed by atoms with E-state index in [9.17, 15) is 15.0 Å². The van der Waals surface area contributed by atoms with E-state index in [0.717, 1.165) is 43.6 Å². The van der Waals surface area contributed by atoms with Gasteiger partial charge >= 0.3 is 0 Å². The molecular formula is C25H32N4O3. The summed E-state index contributed by atoms with van der Waals surface area (Å²) in [6, 6.07) is 14.3. The van der Waals surface area contributed by atoms with Crippen molar-refractivity contribution >= 4 is 11.4 Å². The summed E-state index contributed by atoms with van der Waals surface area (Å²) in [4.78, 5) is 13.6. The minimum absolute atomic E-state index is 0.00125. The minimum atomic E-state index is -0.858. The van der Waals surface area contributed by atoms with Crippen molar-refractivity contribution in [2.24, 2.45) is 5.73 Å². The molecule has 0 aliphatic carbocycles. The van der Waals surface area contributed by atoms with Crippen LogP contribution in [-0.2, 0) is 11.2 Å². The highest BCUT2D eigenvalue weighted by Gasteiger charge is 2.27. The van der Waals surface area contributed by atoms with Gasteiger partial charge in [-0.15, -0.1) is 0 Å². The molecule has 3 atom stereocenters. The van der Waals surface area contributed by atoms with Gasteiger partial charge in [-0.1, -0.05) is 37.3 Å².